The minimum atomic E-state index is -3.89. The molecule has 0 saturated carbocycles. The van der Waals surface area contributed by atoms with Crippen LogP contribution in [0, 0.1) is 6.92 Å². The molecule has 1 aromatic heterocycles. The maximum atomic E-state index is 11.7. The molecular weight excluding hydrogens is 266 g/mol. The smallest absolute Gasteiger partial charge is 0.287 e. The van der Waals surface area contributed by atoms with Crippen molar-refractivity contribution in [3.8, 4) is 0 Å². The maximum Gasteiger partial charge on any atom is 0.287 e. The lowest BCUT2D eigenvalue weighted by atomic mass is 10.1. The number of carbonyl (C=O) groups is 1. The van der Waals surface area contributed by atoms with E-state index in [0.717, 1.165) is 6.07 Å². The molecule has 1 heterocycles. The lowest BCUT2D eigenvalue weighted by Gasteiger charge is -2.19. The van der Waals surface area contributed by atoms with Gasteiger partial charge >= 0.3 is 0 Å². The lowest BCUT2D eigenvalue weighted by Crippen LogP contribution is -2.40. The topological polar surface area (TPSA) is 76.4 Å². The number of hydrogen-bond donors (Lipinski definition) is 1. The molecule has 0 aliphatic heterocycles. The Morgan fingerprint density at radius 1 is 1.41 bits per heavy atom. The normalized spacial score (nSPS) is 12.5. The Bertz CT molecular complexity index is 539. The van der Waals surface area contributed by atoms with Gasteiger partial charge in [-0.3, -0.25) is 4.79 Å². The Kier molecular flexibility index (Phi) is 3.59. The largest absolute Gasteiger partial charge is 0.455 e. The van der Waals surface area contributed by atoms with Crippen LogP contribution in [-0.4, -0.2) is 19.9 Å². The van der Waals surface area contributed by atoms with Gasteiger partial charge in [-0.1, -0.05) is 0 Å². The lowest BCUT2D eigenvalue weighted by molar-refractivity contribution is 0.0889. The summed E-state index contributed by atoms with van der Waals surface area (Å²) in [4.78, 5) is 11.5. The van der Waals surface area contributed by atoms with Crippen molar-refractivity contribution in [3.05, 3.63) is 17.6 Å². The minimum absolute atomic E-state index is 0.0725. The van der Waals surface area contributed by atoms with Crippen LogP contribution in [0.4, 0.5) is 0 Å². The molecule has 0 bridgehead atoms. The van der Waals surface area contributed by atoms with Crippen molar-refractivity contribution in [1.29, 1.82) is 0 Å². The highest BCUT2D eigenvalue weighted by molar-refractivity contribution is 8.13. The molecule has 0 fully saturated rings. The highest BCUT2D eigenvalue weighted by atomic mass is 35.7. The molecule has 0 saturated heterocycles. The number of carbonyl (C=O) groups excluding carboxylic acids is 1. The fraction of sp³-hybridized carbons (Fsp3) is 0.500. The third-order valence-corrected chi connectivity index (χ3v) is 3.28. The zero-order valence-electron chi connectivity index (χ0n) is 10.00. The van der Waals surface area contributed by atoms with Gasteiger partial charge < -0.3 is 9.73 Å². The molecule has 0 aliphatic carbocycles. The van der Waals surface area contributed by atoms with Crippen molar-refractivity contribution >= 4 is 25.6 Å². The van der Waals surface area contributed by atoms with E-state index in [9.17, 15) is 13.2 Å². The number of amides is 1. The Balaban J connectivity index is 3.07. The Morgan fingerprint density at radius 3 is 2.29 bits per heavy atom. The van der Waals surface area contributed by atoms with Gasteiger partial charge in [0.1, 0.15) is 10.7 Å². The molecule has 1 amide bonds. The molecule has 7 heteroatoms. The van der Waals surface area contributed by atoms with Crippen molar-refractivity contribution < 1.29 is 17.6 Å². The summed E-state index contributed by atoms with van der Waals surface area (Å²) >= 11 is 0. The van der Waals surface area contributed by atoms with Crippen LogP contribution in [0.2, 0.25) is 0 Å². The molecular formula is C10H14ClNO4S. The van der Waals surface area contributed by atoms with E-state index in [-0.39, 0.29) is 16.4 Å². The summed E-state index contributed by atoms with van der Waals surface area (Å²) in [5, 5.41) is 2.66. The van der Waals surface area contributed by atoms with Crippen molar-refractivity contribution in [1.82, 2.24) is 5.32 Å². The standard InChI is InChI=1S/C10H14ClNO4S/c1-6-8(17(11,14)15)5-7(16-6)9(13)12-10(2,3)4/h5H,1-4H3,(H,12,13). The Morgan fingerprint density at radius 2 is 1.94 bits per heavy atom. The summed E-state index contributed by atoms with van der Waals surface area (Å²) in [6.45, 7) is 6.85. The molecule has 1 rings (SSSR count). The quantitative estimate of drug-likeness (QED) is 0.841. The average Bonchev–Trinajstić information content (AvgIpc) is 2.42. The summed E-state index contributed by atoms with van der Waals surface area (Å²) in [6.07, 6.45) is 0. The number of halogens is 1. The van der Waals surface area contributed by atoms with E-state index in [4.69, 9.17) is 15.1 Å². The first-order valence-corrected chi connectivity index (χ1v) is 7.19. The van der Waals surface area contributed by atoms with Gasteiger partial charge in [0, 0.05) is 22.3 Å². The molecule has 0 spiro atoms. The number of hydrogen-bond acceptors (Lipinski definition) is 4. The third kappa shape index (κ3) is 3.74. The first kappa shape index (κ1) is 14.1. The molecule has 0 atom stereocenters. The number of rotatable bonds is 2. The molecule has 96 valence electrons. The van der Waals surface area contributed by atoms with Gasteiger partial charge in [-0.2, -0.15) is 0 Å². The van der Waals surface area contributed by atoms with Crippen LogP contribution in [0.3, 0.4) is 0 Å². The summed E-state index contributed by atoms with van der Waals surface area (Å²) < 4.78 is 27.4. The predicted octanol–water partition coefficient (Wildman–Crippen LogP) is 2.04. The van der Waals surface area contributed by atoms with Crippen LogP contribution in [0.15, 0.2) is 15.4 Å². The van der Waals surface area contributed by atoms with E-state index in [1.165, 1.54) is 6.92 Å². The van der Waals surface area contributed by atoms with Crippen LogP contribution in [0.1, 0.15) is 37.1 Å². The van der Waals surface area contributed by atoms with Crippen LogP contribution in [-0.2, 0) is 9.05 Å². The van der Waals surface area contributed by atoms with Crippen LogP contribution < -0.4 is 5.32 Å². The van der Waals surface area contributed by atoms with Gasteiger partial charge in [0.2, 0.25) is 0 Å². The van der Waals surface area contributed by atoms with Gasteiger partial charge in [-0.25, -0.2) is 8.42 Å². The van der Waals surface area contributed by atoms with E-state index in [1.807, 2.05) is 0 Å². The van der Waals surface area contributed by atoms with Crippen LogP contribution >= 0.6 is 10.7 Å². The number of nitrogens with one attached hydrogen (secondary N) is 1. The van der Waals surface area contributed by atoms with Crippen molar-refractivity contribution in [2.75, 3.05) is 0 Å². The molecule has 0 aliphatic rings. The highest BCUT2D eigenvalue weighted by Gasteiger charge is 2.24. The number of aryl methyl sites for hydroxylation is 1. The predicted molar refractivity (Wildman–Crippen MR) is 63.7 cm³/mol. The first-order chi connectivity index (χ1) is 7.50. The second-order valence-electron chi connectivity index (χ2n) is 4.67. The second kappa shape index (κ2) is 4.34. The second-order valence-corrected chi connectivity index (χ2v) is 7.21. The monoisotopic (exact) mass is 279 g/mol. The van der Waals surface area contributed by atoms with E-state index >= 15 is 0 Å². The van der Waals surface area contributed by atoms with Gasteiger partial charge in [0.15, 0.2) is 5.76 Å². The van der Waals surface area contributed by atoms with Crippen LogP contribution in [0.25, 0.3) is 0 Å². The zero-order chi connectivity index (χ0) is 13.4. The van der Waals surface area contributed by atoms with Gasteiger partial charge in [-0.15, -0.1) is 0 Å². The third-order valence-electron chi connectivity index (χ3n) is 1.85. The first-order valence-electron chi connectivity index (χ1n) is 4.88. The van der Waals surface area contributed by atoms with E-state index in [0.29, 0.717) is 0 Å². The van der Waals surface area contributed by atoms with E-state index in [2.05, 4.69) is 5.32 Å². The van der Waals surface area contributed by atoms with Gasteiger partial charge in [-0.05, 0) is 27.7 Å². The highest BCUT2D eigenvalue weighted by Crippen LogP contribution is 2.23. The summed E-state index contributed by atoms with van der Waals surface area (Å²) in [7, 11) is 1.30. The molecule has 1 N–H and O–H groups in total. The molecule has 0 unspecified atom stereocenters. The average molecular weight is 280 g/mol. The fourth-order valence-electron chi connectivity index (χ4n) is 1.22. The van der Waals surface area contributed by atoms with E-state index in [1.54, 1.807) is 20.8 Å². The van der Waals surface area contributed by atoms with Crippen LogP contribution in [0.5, 0.6) is 0 Å². The summed E-state index contributed by atoms with van der Waals surface area (Å²) in [5.41, 5.74) is -0.433. The summed E-state index contributed by atoms with van der Waals surface area (Å²) in [5.74, 6) is -0.456. The minimum Gasteiger partial charge on any atom is -0.455 e. The fourth-order valence-corrected chi connectivity index (χ4v) is 2.31. The Hall–Kier alpha value is -1.01. The number of furan rings is 1. The van der Waals surface area contributed by atoms with Crippen molar-refractivity contribution in [2.45, 2.75) is 38.1 Å². The molecule has 17 heavy (non-hydrogen) atoms. The molecule has 1 aromatic rings. The SMILES string of the molecule is Cc1oc(C(=O)NC(C)(C)C)cc1S(=O)(=O)Cl. The zero-order valence-corrected chi connectivity index (χ0v) is 11.6. The molecule has 0 aromatic carbocycles. The van der Waals surface area contributed by atoms with Crippen molar-refractivity contribution in [3.63, 3.8) is 0 Å². The molecule has 0 radical (unpaired) electrons. The maximum absolute atomic E-state index is 11.7. The van der Waals surface area contributed by atoms with Gasteiger partial charge in [0.25, 0.3) is 15.0 Å². The van der Waals surface area contributed by atoms with E-state index < -0.39 is 20.5 Å². The summed E-state index contributed by atoms with van der Waals surface area (Å²) in [6, 6.07) is 1.12. The van der Waals surface area contributed by atoms with Gasteiger partial charge in [0.05, 0.1) is 0 Å². The molecule has 5 nitrogen and oxygen atoms in total. The Labute approximate surface area is 105 Å². The van der Waals surface area contributed by atoms with Crippen molar-refractivity contribution in [2.24, 2.45) is 0 Å².